The highest BCUT2D eigenvalue weighted by molar-refractivity contribution is 6.31. The summed E-state index contributed by atoms with van der Waals surface area (Å²) in [5, 5.41) is 13.3. The molecule has 0 atom stereocenters. The molecule has 0 aliphatic carbocycles. The molecule has 0 saturated heterocycles. The van der Waals surface area contributed by atoms with E-state index in [4.69, 9.17) is 11.6 Å². The van der Waals surface area contributed by atoms with Crippen molar-refractivity contribution >= 4 is 28.9 Å². The molecule has 6 nitrogen and oxygen atoms in total. The van der Waals surface area contributed by atoms with Crippen molar-refractivity contribution in [1.82, 2.24) is 4.90 Å². The van der Waals surface area contributed by atoms with Gasteiger partial charge in [0.25, 0.3) is 5.69 Å². The second-order valence-corrected chi connectivity index (χ2v) is 4.41. The monoisotopic (exact) mass is 289 g/mol. The summed E-state index contributed by atoms with van der Waals surface area (Å²) in [5.41, 5.74) is -0.331. The molecule has 0 unspecified atom stereocenters. The number of nitrogens with zero attached hydrogens (tertiary/aromatic N) is 2. The lowest BCUT2D eigenvalue weighted by atomic mass is 10.2. The van der Waals surface area contributed by atoms with Crippen molar-refractivity contribution in [3.8, 4) is 0 Å². The summed E-state index contributed by atoms with van der Waals surface area (Å²) < 4.78 is 13.2. The molecule has 1 amide bonds. The molecule has 1 aromatic carbocycles. The lowest BCUT2D eigenvalue weighted by Crippen LogP contribution is -2.24. The second-order valence-electron chi connectivity index (χ2n) is 4.01. The number of hydrogen-bond donors (Lipinski definition) is 1. The molecule has 19 heavy (non-hydrogen) atoms. The highest BCUT2D eigenvalue weighted by Gasteiger charge is 2.17. The average molecular weight is 290 g/mol. The number of hydrogen-bond acceptors (Lipinski definition) is 4. The first-order valence-corrected chi connectivity index (χ1v) is 5.78. The van der Waals surface area contributed by atoms with Crippen LogP contribution in [0.25, 0.3) is 0 Å². The Balaban J connectivity index is 2.80. The van der Waals surface area contributed by atoms with Crippen LogP contribution in [0, 0.1) is 15.9 Å². The van der Waals surface area contributed by atoms with Gasteiger partial charge in [-0.15, -0.1) is 0 Å². The van der Waals surface area contributed by atoms with Crippen LogP contribution in [0.5, 0.6) is 0 Å². The minimum atomic E-state index is -0.858. The molecule has 0 spiro atoms. The van der Waals surface area contributed by atoms with E-state index in [9.17, 15) is 19.3 Å². The van der Waals surface area contributed by atoms with Crippen molar-refractivity contribution in [2.75, 3.05) is 26.0 Å². The first-order valence-electron chi connectivity index (χ1n) is 5.40. The van der Waals surface area contributed by atoms with Crippen LogP contribution >= 0.6 is 11.6 Å². The number of anilines is 1. The van der Waals surface area contributed by atoms with Gasteiger partial charge in [0.2, 0.25) is 5.91 Å². The quantitative estimate of drug-likeness (QED) is 0.666. The van der Waals surface area contributed by atoms with Crippen molar-refractivity contribution in [2.45, 2.75) is 6.42 Å². The number of rotatable bonds is 5. The maximum Gasteiger partial charge on any atom is 0.295 e. The summed E-state index contributed by atoms with van der Waals surface area (Å²) in [6, 6.07) is 1.88. The lowest BCUT2D eigenvalue weighted by Gasteiger charge is -2.11. The minimum absolute atomic E-state index is 0.0861. The number of carbonyl (C=O) groups excluding carboxylic acids is 1. The maximum atomic E-state index is 13.2. The molecule has 0 saturated carbocycles. The third kappa shape index (κ3) is 4.06. The van der Waals surface area contributed by atoms with Crippen LogP contribution in [0.15, 0.2) is 12.1 Å². The SMILES string of the molecule is CN(C)C(=O)CCNc1cc(Cl)c(F)cc1[N+](=O)[O-]. The molecule has 0 aromatic heterocycles. The summed E-state index contributed by atoms with van der Waals surface area (Å²) in [4.78, 5) is 22.8. The number of nitro benzene ring substituents is 1. The normalized spacial score (nSPS) is 10.1. The van der Waals surface area contributed by atoms with Crippen LogP contribution in [-0.4, -0.2) is 36.4 Å². The molecular weight excluding hydrogens is 277 g/mol. The van der Waals surface area contributed by atoms with Crippen LogP contribution in [0.1, 0.15) is 6.42 Å². The molecule has 0 aliphatic heterocycles. The van der Waals surface area contributed by atoms with Crippen molar-refractivity contribution in [3.63, 3.8) is 0 Å². The maximum absolute atomic E-state index is 13.2. The average Bonchev–Trinajstić information content (AvgIpc) is 2.32. The van der Waals surface area contributed by atoms with Gasteiger partial charge in [-0.2, -0.15) is 0 Å². The lowest BCUT2D eigenvalue weighted by molar-refractivity contribution is -0.384. The summed E-state index contributed by atoms with van der Waals surface area (Å²) in [6.07, 6.45) is 0.166. The molecule has 1 N–H and O–H groups in total. The fourth-order valence-corrected chi connectivity index (χ4v) is 1.52. The first-order chi connectivity index (χ1) is 8.82. The van der Waals surface area contributed by atoms with Crippen LogP contribution in [-0.2, 0) is 4.79 Å². The minimum Gasteiger partial charge on any atom is -0.379 e. The number of amides is 1. The highest BCUT2D eigenvalue weighted by Crippen LogP contribution is 2.30. The molecule has 0 fully saturated rings. The standard InChI is InChI=1S/C11H13ClFN3O3/c1-15(2)11(17)3-4-14-9-5-7(12)8(13)6-10(9)16(18)19/h5-6,14H,3-4H2,1-2H3. The smallest absolute Gasteiger partial charge is 0.295 e. The van der Waals surface area contributed by atoms with Crippen LogP contribution in [0.4, 0.5) is 15.8 Å². The Bertz CT molecular complexity index is 508. The van der Waals surface area contributed by atoms with Gasteiger partial charge in [-0.25, -0.2) is 4.39 Å². The number of carbonyl (C=O) groups is 1. The molecule has 1 aromatic rings. The molecule has 0 heterocycles. The van der Waals surface area contributed by atoms with Crippen molar-refractivity contribution in [1.29, 1.82) is 0 Å². The van der Waals surface area contributed by atoms with Crippen molar-refractivity contribution < 1.29 is 14.1 Å². The fraction of sp³-hybridized carbons (Fsp3) is 0.364. The number of nitro groups is 1. The second kappa shape index (κ2) is 6.33. The Morgan fingerprint density at radius 3 is 2.68 bits per heavy atom. The summed E-state index contributed by atoms with van der Waals surface area (Å²) in [5.74, 6) is -0.980. The Kier molecular flexibility index (Phi) is 5.05. The third-order valence-corrected chi connectivity index (χ3v) is 2.68. The van der Waals surface area contributed by atoms with E-state index in [1.807, 2.05) is 0 Å². The zero-order valence-electron chi connectivity index (χ0n) is 10.4. The van der Waals surface area contributed by atoms with Gasteiger partial charge in [-0.3, -0.25) is 14.9 Å². The molecule has 0 aliphatic rings. The van der Waals surface area contributed by atoms with Crippen molar-refractivity contribution in [3.05, 3.63) is 33.1 Å². The van der Waals surface area contributed by atoms with Gasteiger partial charge in [-0.05, 0) is 6.07 Å². The predicted octanol–water partition coefficient (Wildman–Crippen LogP) is 2.28. The van der Waals surface area contributed by atoms with E-state index in [0.29, 0.717) is 0 Å². The van der Waals surface area contributed by atoms with Crippen molar-refractivity contribution in [2.24, 2.45) is 0 Å². The van der Waals surface area contributed by atoms with E-state index in [0.717, 1.165) is 12.1 Å². The molecular formula is C11H13ClFN3O3. The van der Waals surface area contributed by atoms with E-state index in [-0.39, 0.29) is 29.6 Å². The van der Waals surface area contributed by atoms with Gasteiger partial charge in [-0.1, -0.05) is 11.6 Å². The van der Waals surface area contributed by atoms with Crippen LogP contribution in [0.3, 0.4) is 0 Å². The Hall–Kier alpha value is -1.89. The zero-order valence-corrected chi connectivity index (χ0v) is 11.2. The predicted molar refractivity (Wildman–Crippen MR) is 69.9 cm³/mol. The van der Waals surface area contributed by atoms with E-state index in [1.54, 1.807) is 14.1 Å². The van der Waals surface area contributed by atoms with E-state index in [1.165, 1.54) is 4.90 Å². The summed E-state index contributed by atoms with van der Waals surface area (Å²) >= 11 is 5.57. The van der Waals surface area contributed by atoms with E-state index >= 15 is 0 Å². The first kappa shape index (κ1) is 15.2. The number of benzene rings is 1. The molecule has 0 bridgehead atoms. The fourth-order valence-electron chi connectivity index (χ4n) is 1.36. The van der Waals surface area contributed by atoms with Gasteiger partial charge < -0.3 is 10.2 Å². The molecule has 0 radical (unpaired) electrons. The molecule has 8 heteroatoms. The van der Waals surface area contributed by atoms with E-state index < -0.39 is 16.4 Å². The molecule has 1 rings (SSSR count). The van der Waals surface area contributed by atoms with Gasteiger partial charge in [0.1, 0.15) is 11.5 Å². The van der Waals surface area contributed by atoms with Gasteiger partial charge in [0, 0.05) is 27.1 Å². The van der Waals surface area contributed by atoms with Crippen LogP contribution in [0.2, 0.25) is 5.02 Å². The number of halogens is 2. The largest absolute Gasteiger partial charge is 0.379 e. The van der Waals surface area contributed by atoms with Gasteiger partial charge in [0.05, 0.1) is 16.0 Å². The topological polar surface area (TPSA) is 75.5 Å². The highest BCUT2D eigenvalue weighted by atomic mass is 35.5. The molecule has 104 valence electrons. The van der Waals surface area contributed by atoms with Gasteiger partial charge in [0.15, 0.2) is 0 Å². The zero-order chi connectivity index (χ0) is 14.6. The van der Waals surface area contributed by atoms with Gasteiger partial charge >= 0.3 is 0 Å². The summed E-state index contributed by atoms with van der Waals surface area (Å²) in [6.45, 7) is 0.194. The Morgan fingerprint density at radius 1 is 1.53 bits per heavy atom. The Morgan fingerprint density at radius 2 is 2.16 bits per heavy atom. The number of nitrogens with one attached hydrogen (secondary N) is 1. The van der Waals surface area contributed by atoms with Crippen LogP contribution < -0.4 is 5.32 Å². The Labute approximate surface area is 114 Å². The summed E-state index contributed by atoms with van der Waals surface area (Å²) in [7, 11) is 3.22. The third-order valence-electron chi connectivity index (χ3n) is 2.39. The van der Waals surface area contributed by atoms with E-state index in [2.05, 4.69) is 5.32 Å².